The van der Waals surface area contributed by atoms with Crippen LogP contribution < -0.4 is 20.1 Å². The molecule has 0 bridgehead atoms. The average molecular weight is 456 g/mol. The third-order valence-electron chi connectivity index (χ3n) is 5.33. The molecule has 3 aliphatic heterocycles. The van der Waals surface area contributed by atoms with Crippen molar-refractivity contribution in [3.05, 3.63) is 64.3 Å². The SMILES string of the molecule is O=C(CN1C(=O)N[C@@H](c2ccc(Cl)cc2)C2=C1COC2=O)Nc1ccc2c(c1)OCCO2. The highest BCUT2D eigenvalue weighted by Gasteiger charge is 2.42. The number of rotatable bonds is 4. The van der Waals surface area contributed by atoms with Crippen LogP contribution in [-0.4, -0.2) is 49.2 Å². The molecule has 2 aromatic rings. The molecule has 9 nitrogen and oxygen atoms in total. The minimum absolute atomic E-state index is 0.0804. The van der Waals surface area contributed by atoms with Crippen LogP contribution in [0.5, 0.6) is 11.5 Å². The van der Waals surface area contributed by atoms with Gasteiger partial charge < -0.3 is 24.8 Å². The Morgan fingerprint density at radius 3 is 2.59 bits per heavy atom. The Morgan fingerprint density at radius 2 is 1.81 bits per heavy atom. The maximum absolute atomic E-state index is 12.8. The molecule has 0 saturated heterocycles. The summed E-state index contributed by atoms with van der Waals surface area (Å²) in [6.07, 6.45) is 0. The first kappa shape index (κ1) is 20.2. The highest BCUT2D eigenvalue weighted by molar-refractivity contribution is 6.30. The standard InChI is InChI=1S/C22H18ClN3O6/c23-13-3-1-12(2-4-13)20-19-15(11-32-21(19)28)26(22(29)25-20)10-18(27)24-14-5-6-16-17(9-14)31-8-7-30-16/h1-6,9,20H,7-8,10-11H2,(H,24,27)(H,25,29)/t20-/m0/s1. The van der Waals surface area contributed by atoms with Gasteiger partial charge in [-0.25, -0.2) is 9.59 Å². The van der Waals surface area contributed by atoms with Crippen LogP contribution >= 0.6 is 11.6 Å². The lowest BCUT2D eigenvalue weighted by Crippen LogP contribution is -2.49. The van der Waals surface area contributed by atoms with E-state index in [9.17, 15) is 14.4 Å². The Morgan fingerprint density at radius 1 is 1.06 bits per heavy atom. The van der Waals surface area contributed by atoms with Gasteiger partial charge in [0.15, 0.2) is 11.5 Å². The van der Waals surface area contributed by atoms with Crippen molar-refractivity contribution < 1.29 is 28.6 Å². The molecule has 0 aliphatic carbocycles. The minimum atomic E-state index is -0.679. The summed E-state index contributed by atoms with van der Waals surface area (Å²) < 4.78 is 16.2. The first-order valence-corrected chi connectivity index (χ1v) is 10.3. The molecule has 3 amide bonds. The molecule has 5 rings (SSSR count). The normalized spacial score (nSPS) is 19.3. The number of amides is 3. The van der Waals surface area contributed by atoms with Crippen molar-refractivity contribution in [3.63, 3.8) is 0 Å². The van der Waals surface area contributed by atoms with E-state index in [-0.39, 0.29) is 13.2 Å². The Hall–Kier alpha value is -3.72. The number of nitrogens with one attached hydrogen (secondary N) is 2. The van der Waals surface area contributed by atoms with E-state index in [2.05, 4.69) is 10.6 Å². The summed E-state index contributed by atoms with van der Waals surface area (Å²) in [4.78, 5) is 39.2. The second-order valence-electron chi connectivity index (χ2n) is 7.36. The van der Waals surface area contributed by atoms with E-state index in [1.54, 1.807) is 42.5 Å². The lowest BCUT2D eigenvalue weighted by molar-refractivity contribution is -0.136. The molecule has 164 valence electrons. The zero-order chi connectivity index (χ0) is 22.2. The molecule has 0 spiro atoms. The number of carbonyl (C=O) groups is 3. The van der Waals surface area contributed by atoms with Crippen molar-refractivity contribution in [2.24, 2.45) is 0 Å². The molecule has 3 aliphatic rings. The van der Waals surface area contributed by atoms with Crippen LogP contribution in [-0.2, 0) is 14.3 Å². The molecule has 0 aromatic heterocycles. The monoisotopic (exact) mass is 455 g/mol. The van der Waals surface area contributed by atoms with E-state index in [0.29, 0.717) is 52.3 Å². The molecule has 1 atom stereocenters. The lowest BCUT2D eigenvalue weighted by Gasteiger charge is -2.32. The van der Waals surface area contributed by atoms with E-state index in [1.807, 2.05) is 0 Å². The zero-order valence-electron chi connectivity index (χ0n) is 16.7. The number of anilines is 1. The van der Waals surface area contributed by atoms with Gasteiger partial charge in [-0.15, -0.1) is 0 Å². The summed E-state index contributed by atoms with van der Waals surface area (Å²) in [6.45, 7) is 0.530. The summed E-state index contributed by atoms with van der Waals surface area (Å²) in [7, 11) is 0. The molecule has 0 radical (unpaired) electrons. The number of fused-ring (bicyclic) bond motifs is 1. The van der Waals surface area contributed by atoms with Gasteiger partial charge in [-0.2, -0.15) is 0 Å². The fraction of sp³-hybridized carbons (Fsp3) is 0.227. The second kappa shape index (κ2) is 8.08. The number of esters is 1. The Kier molecular flexibility index (Phi) is 5.10. The number of hydrogen-bond donors (Lipinski definition) is 2. The van der Waals surface area contributed by atoms with E-state index in [4.69, 9.17) is 25.8 Å². The van der Waals surface area contributed by atoms with Crippen molar-refractivity contribution in [1.29, 1.82) is 0 Å². The quantitative estimate of drug-likeness (QED) is 0.686. The van der Waals surface area contributed by atoms with Crippen molar-refractivity contribution in [3.8, 4) is 11.5 Å². The van der Waals surface area contributed by atoms with Gasteiger partial charge in [-0.1, -0.05) is 23.7 Å². The number of halogens is 1. The fourth-order valence-electron chi connectivity index (χ4n) is 3.85. The first-order chi connectivity index (χ1) is 15.5. The highest BCUT2D eigenvalue weighted by atomic mass is 35.5. The topological polar surface area (TPSA) is 106 Å². The van der Waals surface area contributed by atoms with Crippen molar-refractivity contribution >= 4 is 35.2 Å². The predicted octanol–water partition coefficient (Wildman–Crippen LogP) is 2.63. The van der Waals surface area contributed by atoms with Gasteiger partial charge in [0.25, 0.3) is 0 Å². The molecule has 2 N–H and O–H groups in total. The Bertz CT molecular complexity index is 1150. The number of ether oxygens (including phenoxy) is 3. The number of urea groups is 1. The minimum Gasteiger partial charge on any atom is -0.486 e. The maximum Gasteiger partial charge on any atom is 0.338 e. The number of carbonyl (C=O) groups excluding carboxylic acids is 3. The number of benzene rings is 2. The highest BCUT2D eigenvalue weighted by Crippen LogP contribution is 2.36. The molecule has 0 fully saturated rings. The Labute approximate surface area is 187 Å². The van der Waals surface area contributed by atoms with Crippen molar-refractivity contribution in [2.75, 3.05) is 31.7 Å². The summed E-state index contributed by atoms with van der Waals surface area (Å²) >= 11 is 5.95. The van der Waals surface area contributed by atoms with Crippen LogP contribution in [0.25, 0.3) is 0 Å². The number of cyclic esters (lactones) is 1. The second-order valence-corrected chi connectivity index (χ2v) is 7.80. The number of nitrogens with zero attached hydrogens (tertiary/aromatic N) is 1. The maximum atomic E-state index is 12.8. The summed E-state index contributed by atoms with van der Waals surface area (Å²) in [5.74, 6) is 0.176. The largest absolute Gasteiger partial charge is 0.486 e. The van der Waals surface area contributed by atoms with Crippen LogP contribution in [0.15, 0.2) is 53.7 Å². The third kappa shape index (κ3) is 3.71. The van der Waals surface area contributed by atoms with Crippen LogP contribution in [0, 0.1) is 0 Å². The summed E-state index contributed by atoms with van der Waals surface area (Å²) in [5.41, 5.74) is 1.87. The van der Waals surface area contributed by atoms with Gasteiger partial charge in [0.1, 0.15) is 26.4 Å². The van der Waals surface area contributed by atoms with Gasteiger partial charge in [-0.05, 0) is 29.8 Å². The molecule has 0 saturated carbocycles. The third-order valence-corrected chi connectivity index (χ3v) is 5.58. The van der Waals surface area contributed by atoms with Crippen molar-refractivity contribution in [1.82, 2.24) is 10.2 Å². The molecular weight excluding hydrogens is 438 g/mol. The van der Waals surface area contributed by atoms with Gasteiger partial charge in [0, 0.05) is 16.8 Å². The van der Waals surface area contributed by atoms with Gasteiger partial charge in [0.05, 0.1) is 17.3 Å². The van der Waals surface area contributed by atoms with Crippen LogP contribution in [0.2, 0.25) is 5.02 Å². The van der Waals surface area contributed by atoms with E-state index in [1.165, 1.54) is 4.90 Å². The molecule has 0 unspecified atom stereocenters. The first-order valence-electron chi connectivity index (χ1n) is 9.93. The number of hydrogen-bond acceptors (Lipinski definition) is 6. The van der Waals surface area contributed by atoms with Gasteiger partial charge in [-0.3, -0.25) is 9.69 Å². The fourth-order valence-corrected chi connectivity index (χ4v) is 3.97. The molecule has 32 heavy (non-hydrogen) atoms. The zero-order valence-corrected chi connectivity index (χ0v) is 17.5. The molecule has 2 aromatic carbocycles. The lowest BCUT2D eigenvalue weighted by atomic mass is 9.96. The smallest absolute Gasteiger partial charge is 0.338 e. The average Bonchev–Trinajstić information content (AvgIpc) is 3.17. The van der Waals surface area contributed by atoms with E-state index < -0.39 is 23.9 Å². The van der Waals surface area contributed by atoms with Gasteiger partial charge in [0.2, 0.25) is 5.91 Å². The van der Waals surface area contributed by atoms with E-state index in [0.717, 1.165) is 0 Å². The van der Waals surface area contributed by atoms with E-state index >= 15 is 0 Å². The Balaban J connectivity index is 1.36. The molecule has 3 heterocycles. The molecule has 10 heteroatoms. The van der Waals surface area contributed by atoms with Crippen LogP contribution in [0.3, 0.4) is 0 Å². The molecular formula is C22H18ClN3O6. The predicted molar refractivity (Wildman–Crippen MR) is 113 cm³/mol. The van der Waals surface area contributed by atoms with Crippen LogP contribution in [0.4, 0.5) is 10.5 Å². The summed E-state index contributed by atoms with van der Waals surface area (Å²) in [5, 5.41) is 6.06. The summed E-state index contributed by atoms with van der Waals surface area (Å²) in [6, 6.07) is 10.7. The van der Waals surface area contributed by atoms with Crippen molar-refractivity contribution in [2.45, 2.75) is 6.04 Å². The van der Waals surface area contributed by atoms with Gasteiger partial charge >= 0.3 is 12.0 Å². The van der Waals surface area contributed by atoms with Crippen LogP contribution in [0.1, 0.15) is 11.6 Å².